The Morgan fingerprint density at radius 1 is 1.00 bits per heavy atom. The summed E-state index contributed by atoms with van der Waals surface area (Å²) in [7, 11) is -3.83. The fourth-order valence-corrected chi connectivity index (χ4v) is 4.75. The summed E-state index contributed by atoms with van der Waals surface area (Å²) in [6, 6.07) is 13.5. The first-order valence-electron chi connectivity index (χ1n) is 8.47. The fraction of sp³-hybridized carbons (Fsp3) is 0.211. The lowest BCUT2D eigenvalue weighted by Gasteiger charge is -2.14. The van der Waals surface area contributed by atoms with Gasteiger partial charge in [0, 0.05) is 28.1 Å². The zero-order valence-electron chi connectivity index (χ0n) is 14.2. The van der Waals surface area contributed by atoms with Crippen LogP contribution in [0.25, 0.3) is 11.5 Å². The van der Waals surface area contributed by atoms with Gasteiger partial charge >= 0.3 is 0 Å². The minimum absolute atomic E-state index is 0.0513. The number of halogens is 2. The van der Waals surface area contributed by atoms with Crippen molar-refractivity contribution in [3.05, 3.63) is 58.0 Å². The van der Waals surface area contributed by atoms with E-state index in [0.717, 1.165) is 36.0 Å². The maximum atomic E-state index is 13.2. The van der Waals surface area contributed by atoms with E-state index in [1.54, 1.807) is 12.1 Å². The highest BCUT2D eigenvalue weighted by atomic mass is 79.9. The Balaban J connectivity index is 1.85. The lowest BCUT2D eigenvalue weighted by Crippen LogP contribution is -2.19. The van der Waals surface area contributed by atoms with E-state index in [2.05, 4.69) is 20.9 Å². The molecule has 1 aliphatic heterocycles. The Labute approximate surface area is 171 Å². The Hall–Kier alpha value is -1.83. The smallest absolute Gasteiger partial charge is 0.236 e. The average Bonchev–Trinajstić information content (AvgIpc) is 3.32. The number of anilines is 1. The molecule has 0 amide bonds. The van der Waals surface area contributed by atoms with Gasteiger partial charge in [0.2, 0.25) is 26.6 Å². The fourth-order valence-electron chi connectivity index (χ4n) is 3.03. The standard InChI is InChI=1S/C19H16BrClN2O3S/c20-14-5-3-13(4-6-14)17-22-18(19(26-17)23-11-1-2-12-23)27(24,25)16-9-7-15(21)8-10-16/h3-10H,1-2,11-12H2. The molecule has 2 heterocycles. The van der Waals surface area contributed by atoms with Crippen molar-refractivity contribution in [2.75, 3.05) is 18.0 Å². The summed E-state index contributed by atoms with van der Waals surface area (Å²) in [6.45, 7) is 1.50. The molecule has 5 nitrogen and oxygen atoms in total. The van der Waals surface area contributed by atoms with E-state index in [0.29, 0.717) is 10.9 Å². The number of hydrogen-bond donors (Lipinski definition) is 0. The SMILES string of the molecule is O=S(=O)(c1ccc(Cl)cc1)c1nc(-c2ccc(Br)cc2)oc1N1CCCC1. The van der Waals surface area contributed by atoms with Crippen molar-refractivity contribution < 1.29 is 12.8 Å². The third-order valence-electron chi connectivity index (χ3n) is 4.44. The lowest BCUT2D eigenvalue weighted by molar-refractivity contribution is 0.556. The molecule has 0 N–H and O–H groups in total. The molecule has 8 heteroatoms. The van der Waals surface area contributed by atoms with Crippen LogP contribution >= 0.6 is 27.5 Å². The molecule has 2 aromatic carbocycles. The Bertz CT molecular complexity index is 1060. The van der Waals surface area contributed by atoms with Crippen LogP contribution in [-0.4, -0.2) is 26.5 Å². The molecule has 1 fully saturated rings. The van der Waals surface area contributed by atoms with Gasteiger partial charge in [0.25, 0.3) is 0 Å². The first-order valence-corrected chi connectivity index (χ1v) is 11.1. The van der Waals surface area contributed by atoms with E-state index >= 15 is 0 Å². The van der Waals surface area contributed by atoms with Gasteiger partial charge in [0.05, 0.1) is 4.90 Å². The van der Waals surface area contributed by atoms with Gasteiger partial charge < -0.3 is 9.32 Å². The number of rotatable bonds is 4. The summed E-state index contributed by atoms with van der Waals surface area (Å²) < 4.78 is 33.3. The van der Waals surface area contributed by atoms with E-state index in [-0.39, 0.29) is 15.8 Å². The third kappa shape index (κ3) is 3.63. The molecule has 0 atom stereocenters. The van der Waals surface area contributed by atoms with E-state index in [1.807, 2.05) is 29.2 Å². The van der Waals surface area contributed by atoms with Crippen molar-refractivity contribution in [2.45, 2.75) is 22.8 Å². The Kier molecular flexibility index (Phi) is 5.01. The summed E-state index contributed by atoms with van der Waals surface area (Å²) >= 11 is 9.29. The minimum atomic E-state index is -3.83. The number of hydrogen-bond acceptors (Lipinski definition) is 5. The zero-order chi connectivity index (χ0) is 19.0. The zero-order valence-corrected chi connectivity index (χ0v) is 17.4. The predicted octanol–water partition coefficient (Wildman–Crippen LogP) is 5.19. The monoisotopic (exact) mass is 466 g/mol. The van der Waals surface area contributed by atoms with Crippen LogP contribution in [0.5, 0.6) is 0 Å². The van der Waals surface area contributed by atoms with Crippen LogP contribution in [0.3, 0.4) is 0 Å². The molecule has 1 aromatic heterocycles. The third-order valence-corrected chi connectivity index (χ3v) is 6.89. The van der Waals surface area contributed by atoms with Gasteiger partial charge in [-0.2, -0.15) is 4.98 Å². The van der Waals surface area contributed by atoms with Gasteiger partial charge in [-0.3, -0.25) is 0 Å². The second-order valence-corrected chi connectivity index (χ2v) is 9.50. The summed E-state index contributed by atoms with van der Waals surface area (Å²) in [5.74, 6) is 0.595. The van der Waals surface area contributed by atoms with E-state index in [9.17, 15) is 8.42 Å². The van der Waals surface area contributed by atoms with Crippen molar-refractivity contribution in [1.29, 1.82) is 0 Å². The number of oxazole rings is 1. The molecule has 4 rings (SSSR count). The van der Waals surface area contributed by atoms with E-state index in [4.69, 9.17) is 16.0 Å². The highest BCUT2D eigenvalue weighted by Gasteiger charge is 2.32. The van der Waals surface area contributed by atoms with Crippen LogP contribution in [0.1, 0.15) is 12.8 Å². The summed E-state index contributed by atoms with van der Waals surface area (Å²) in [5, 5.41) is 0.425. The van der Waals surface area contributed by atoms with Crippen LogP contribution in [0.4, 0.5) is 5.88 Å². The molecular formula is C19H16BrClN2O3S. The summed E-state index contributed by atoms with van der Waals surface area (Å²) in [6.07, 6.45) is 1.99. The quantitative estimate of drug-likeness (QED) is 0.528. The van der Waals surface area contributed by atoms with Crippen molar-refractivity contribution >= 4 is 43.3 Å². The van der Waals surface area contributed by atoms with Gasteiger partial charge in [-0.1, -0.05) is 27.5 Å². The van der Waals surface area contributed by atoms with Crippen LogP contribution in [0, 0.1) is 0 Å². The molecule has 0 aliphatic carbocycles. The van der Waals surface area contributed by atoms with Gasteiger partial charge in [-0.25, -0.2) is 8.42 Å². The van der Waals surface area contributed by atoms with Crippen LogP contribution in [0.2, 0.25) is 5.02 Å². The molecule has 0 saturated carbocycles. The van der Waals surface area contributed by atoms with Crippen molar-refractivity contribution in [3.8, 4) is 11.5 Å². The van der Waals surface area contributed by atoms with Gasteiger partial charge in [0.1, 0.15) is 0 Å². The number of benzene rings is 2. The predicted molar refractivity (Wildman–Crippen MR) is 108 cm³/mol. The Morgan fingerprint density at radius 3 is 2.26 bits per heavy atom. The second kappa shape index (κ2) is 7.30. The van der Waals surface area contributed by atoms with Gasteiger partial charge in [0.15, 0.2) is 0 Å². The van der Waals surface area contributed by atoms with Crippen molar-refractivity contribution in [1.82, 2.24) is 4.98 Å². The van der Waals surface area contributed by atoms with Crippen LogP contribution in [0.15, 0.2) is 67.3 Å². The number of sulfone groups is 1. The minimum Gasteiger partial charge on any atom is -0.419 e. The maximum absolute atomic E-state index is 13.2. The molecule has 27 heavy (non-hydrogen) atoms. The summed E-state index contributed by atoms with van der Waals surface area (Å²) in [5.41, 5.74) is 0.719. The molecule has 0 bridgehead atoms. The highest BCUT2D eigenvalue weighted by molar-refractivity contribution is 9.10. The van der Waals surface area contributed by atoms with E-state index in [1.165, 1.54) is 12.1 Å². The first kappa shape index (κ1) is 18.5. The molecule has 140 valence electrons. The second-order valence-electron chi connectivity index (χ2n) is 6.29. The first-order chi connectivity index (χ1) is 12.9. The molecule has 1 aliphatic rings. The molecule has 0 unspecified atom stereocenters. The molecule has 3 aromatic rings. The Morgan fingerprint density at radius 2 is 1.63 bits per heavy atom. The summed E-state index contributed by atoms with van der Waals surface area (Å²) in [4.78, 5) is 6.46. The average molecular weight is 468 g/mol. The number of aromatic nitrogens is 1. The number of nitrogens with zero attached hydrogens (tertiary/aromatic N) is 2. The topological polar surface area (TPSA) is 63.4 Å². The maximum Gasteiger partial charge on any atom is 0.236 e. The van der Waals surface area contributed by atoms with E-state index < -0.39 is 9.84 Å². The van der Waals surface area contributed by atoms with Crippen LogP contribution in [-0.2, 0) is 9.84 Å². The molecule has 1 saturated heterocycles. The highest BCUT2D eigenvalue weighted by Crippen LogP contribution is 2.36. The van der Waals surface area contributed by atoms with Crippen molar-refractivity contribution in [2.24, 2.45) is 0 Å². The van der Waals surface area contributed by atoms with Crippen molar-refractivity contribution in [3.63, 3.8) is 0 Å². The molecule has 0 radical (unpaired) electrons. The van der Waals surface area contributed by atoms with Gasteiger partial charge in [-0.15, -0.1) is 0 Å². The lowest BCUT2D eigenvalue weighted by atomic mass is 10.2. The largest absolute Gasteiger partial charge is 0.419 e. The normalized spacial score (nSPS) is 14.7. The molecular weight excluding hydrogens is 452 g/mol. The van der Waals surface area contributed by atoms with Gasteiger partial charge in [-0.05, 0) is 61.4 Å². The molecule has 0 spiro atoms. The van der Waals surface area contributed by atoms with Crippen LogP contribution < -0.4 is 4.90 Å².